The third-order valence-electron chi connectivity index (χ3n) is 7.48. The Kier molecular flexibility index (Phi) is 173. The van der Waals surface area contributed by atoms with Crippen molar-refractivity contribution in [3.05, 3.63) is 0 Å². The number of piperazine rings is 1. The lowest BCUT2D eigenvalue weighted by Gasteiger charge is -2.11. The molecule has 4 N–H and O–H groups in total. The van der Waals surface area contributed by atoms with Gasteiger partial charge >= 0.3 is 0 Å². The van der Waals surface area contributed by atoms with E-state index in [1.54, 1.807) is 0 Å². The van der Waals surface area contributed by atoms with Crippen molar-refractivity contribution in [1.29, 1.82) is 0 Å². The van der Waals surface area contributed by atoms with Gasteiger partial charge in [0.15, 0.2) is 0 Å². The van der Waals surface area contributed by atoms with Gasteiger partial charge in [-0.2, -0.15) is 0 Å². The minimum Gasteiger partial charge on any atom is -0.381 e. The van der Waals surface area contributed by atoms with Crippen molar-refractivity contribution < 1.29 is 14.2 Å². The Labute approximate surface area is 498 Å². The molecule has 2 saturated carbocycles. The zero-order chi connectivity index (χ0) is 63.4. The van der Waals surface area contributed by atoms with Crippen LogP contribution in [0.2, 0.25) is 0 Å². The first-order valence-corrected chi connectivity index (χ1v) is 34.3. The van der Waals surface area contributed by atoms with Crippen molar-refractivity contribution >= 4 is 0 Å². The van der Waals surface area contributed by atoms with E-state index < -0.39 is 0 Å². The molecule has 0 aromatic heterocycles. The van der Waals surface area contributed by atoms with E-state index in [-0.39, 0.29) is 0 Å². The fourth-order valence-corrected chi connectivity index (χ4v) is 4.59. The van der Waals surface area contributed by atoms with Gasteiger partial charge in [-0.05, 0) is 118 Å². The van der Waals surface area contributed by atoms with Gasteiger partial charge in [-0.3, -0.25) is 0 Å². The first-order valence-electron chi connectivity index (χ1n) is 34.3. The molecular formula is C70H170N4O3. The van der Waals surface area contributed by atoms with Crippen molar-refractivity contribution in [3.8, 4) is 0 Å². The van der Waals surface area contributed by atoms with E-state index in [4.69, 9.17) is 14.2 Å². The molecule has 77 heavy (non-hydrogen) atoms. The Morgan fingerprint density at radius 2 is 0.390 bits per heavy atom. The third-order valence-corrected chi connectivity index (χ3v) is 7.48. The molecular weight excluding hydrogens is 945 g/mol. The second-order valence-corrected chi connectivity index (χ2v) is 22.1. The molecule has 5 aliphatic heterocycles. The van der Waals surface area contributed by atoms with Crippen LogP contribution in [0.4, 0.5) is 0 Å². The maximum Gasteiger partial charge on any atom is 0.0591 e. The smallest absolute Gasteiger partial charge is 0.0591 e. The predicted molar refractivity (Wildman–Crippen MR) is 369 cm³/mol. The van der Waals surface area contributed by atoms with Gasteiger partial charge in [0.05, 0.1) is 13.2 Å². The Morgan fingerprint density at radius 1 is 0.221 bits per heavy atom. The molecule has 0 aromatic carbocycles. The van der Waals surface area contributed by atoms with Crippen LogP contribution in [0.5, 0.6) is 0 Å². The van der Waals surface area contributed by atoms with Crippen LogP contribution in [0.3, 0.4) is 0 Å². The molecule has 0 aromatic rings. The minimum atomic E-state index is 0.833. The predicted octanol–water partition coefficient (Wildman–Crippen LogP) is 22.3. The summed E-state index contributed by atoms with van der Waals surface area (Å²) >= 11 is 0. The Balaban J connectivity index is -0.0000000516. The maximum absolute atomic E-state index is 5.07. The van der Waals surface area contributed by atoms with E-state index in [1.807, 2.05) is 96.9 Å². The van der Waals surface area contributed by atoms with Gasteiger partial charge < -0.3 is 35.5 Å². The number of hydrogen-bond donors (Lipinski definition) is 4. The van der Waals surface area contributed by atoms with Crippen LogP contribution in [-0.2, 0) is 14.2 Å². The number of hydrogen-bond acceptors (Lipinski definition) is 7. The lowest BCUT2D eigenvalue weighted by atomic mass is 10.1. The summed E-state index contributed by atoms with van der Waals surface area (Å²) in [6, 6.07) is 0. The summed E-state index contributed by atoms with van der Waals surface area (Å²) in [4.78, 5) is 0. The van der Waals surface area contributed by atoms with Gasteiger partial charge in [0, 0.05) is 65.7 Å². The van der Waals surface area contributed by atoms with Crippen molar-refractivity contribution in [1.82, 2.24) is 21.3 Å². The molecule has 0 atom stereocenters. The van der Waals surface area contributed by atoms with E-state index >= 15 is 0 Å². The molecule has 0 radical (unpaired) electrons. The van der Waals surface area contributed by atoms with Crippen LogP contribution >= 0.6 is 0 Å². The standard InChI is InChI=1S/C6H12.C5H10O.C5H10.C4H10N2.C4H9NO.C4H9N.C4H8O.6C4H10.7C2H6/c1-5(2)6-3-4-6;1-2-4-6-5-3-1;1-2-4-5-3-1;1-2-6-4-3-5-1;1-3-6-4-2-5-1;2*1-2-4-5-3-1;6*1-4(2)3;7*1-2/h5-6H,3-4H2,1-2H3;1-5H2;1-5H2;5-6H,1-4H2;5H,1-4H2;5H,1-4H2;1-4H2;6*4H,1-3H3;7*1-2H3. The largest absolute Gasteiger partial charge is 0.381 e. The highest BCUT2D eigenvalue weighted by Crippen LogP contribution is 2.35. The normalized spacial score (nSPS) is 15.4. The monoisotopic (exact) mass is 1120 g/mol. The maximum atomic E-state index is 5.07. The Bertz CT molecular complexity index is 520. The summed E-state index contributed by atoms with van der Waals surface area (Å²) in [5, 5.41) is 12.8. The summed E-state index contributed by atoms with van der Waals surface area (Å²) in [5.41, 5.74) is 0. The van der Waals surface area contributed by atoms with Crippen molar-refractivity contribution in [2.75, 3.05) is 92.0 Å². The van der Waals surface area contributed by atoms with Gasteiger partial charge in [-0.15, -0.1) is 0 Å². The Morgan fingerprint density at radius 3 is 0.468 bits per heavy atom. The highest BCUT2D eigenvalue weighted by molar-refractivity contribution is 4.75. The van der Waals surface area contributed by atoms with E-state index in [0.29, 0.717) is 0 Å². The van der Waals surface area contributed by atoms with E-state index in [1.165, 1.54) is 103 Å². The molecule has 7 heteroatoms. The van der Waals surface area contributed by atoms with Gasteiger partial charge in [-0.1, -0.05) is 268 Å². The first kappa shape index (κ1) is 108. The molecule has 0 unspecified atom stereocenters. The van der Waals surface area contributed by atoms with Crippen LogP contribution < -0.4 is 21.3 Å². The summed E-state index contributed by atoms with van der Waals surface area (Å²) in [6.45, 7) is 86.5. The zero-order valence-corrected chi connectivity index (χ0v) is 61.6. The van der Waals surface area contributed by atoms with Crippen molar-refractivity contribution in [2.45, 2.75) is 325 Å². The van der Waals surface area contributed by atoms with Crippen LogP contribution in [0.25, 0.3) is 0 Å². The number of rotatable bonds is 1. The lowest BCUT2D eigenvalue weighted by Crippen LogP contribution is -2.39. The molecule has 0 bridgehead atoms. The SMILES string of the molecule is C1CCCC1.C1CCNC1.C1CCOC1.C1CCOCC1.C1CNCCN1.C1COCCN1.CC.CC.CC.CC.CC.CC.CC.CC(C)C.CC(C)C.CC(C)C.CC(C)C.CC(C)C.CC(C)C.CC(C)C1CC1. The van der Waals surface area contributed by atoms with Crippen molar-refractivity contribution in [3.63, 3.8) is 0 Å². The van der Waals surface area contributed by atoms with Crippen LogP contribution in [-0.4, -0.2) is 92.0 Å². The summed E-state index contributed by atoms with van der Waals surface area (Å²) in [7, 11) is 0. The molecule has 5 heterocycles. The summed E-state index contributed by atoms with van der Waals surface area (Å²) in [6.07, 6.45) is 19.8. The molecule has 5 saturated heterocycles. The highest BCUT2D eigenvalue weighted by Gasteiger charge is 2.24. The fraction of sp³-hybridized carbons (Fsp3) is 1.00. The van der Waals surface area contributed by atoms with E-state index in [2.05, 4.69) is 160 Å². The average molecular weight is 1120 g/mol. The molecule has 7 fully saturated rings. The molecule has 2 aliphatic carbocycles. The van der Waals surface area contributed by atoms with Gasteiger partial charge in [0.25, 0.3) is 0 Å². The third kappa shape index (κ3) is 261. The highest BCUT2D eigenvalue weighted by atomic mass is 16.5. The molecule has 7 aliphatic rings. The van der Waals surface area contributed by atoms with Crippen LogP contribution in [0.1, 0.15) is 325 Å². The quantitative estimate of drug-likeness (QED) is 0.208. The fourth-order valence-electron chi connectivity index (χ4n) is 4.59. The lowest BCUT2D eigenvalue weighted by molar-refractivity contribution is 0.0968. The first-order chi connectivity index (χ1) is 36.7. The molecule has 7 rings (SSSR count). The molecule has 0 spiro atoms. The second kappa shape index (κ2) is 123. The summed E-state index contributed by atoms with van der Waals surface area (Å²) in [5.74, 6) is 7.06. The zero-order valence-electron chi connectivity index (χ0n) is 61.6. The molecule has 0 amide bonds. The summed E-state index contributed by atoms with van der Waals surface area (Å²) < 4.78 is 15.0. The van der Waals surface area contributed by atoms with Crippen molar-refractivity contribution in [2.24, 2.45) is 47.3 Å². The number of nitrogens with one attached hydrogen (secondary N) is 4. The minimum absolute atomic E-state index is 0.833. The van der Waals surface area contributed by atoms with Gasteiger partial charge in [0.2, 0.25) is 0 Å². The average Bonchev–Trinajstić information content (AvgIpc) is 3.93. The van der Waals surface area contributed by atoms with Gasteiger partial charge in [0.1, 0.15) is 0 Å². The van der Waals surface area contributed by atoms with Crippen LogP contribution in [0.15, 0.2) is 0 Å². The van der Waals surface area contributed by atoms with Gasteiger partial charge in [-0.25, -0.2) is 0 Å². The Hall–Kier alpha value is -0.280. The van der Waals surface area contributed by atoms with Crippen LogP contribution in [0, 0.1) is 47.3 Å². The van der Waals surface area contributed by atoms with E-state index in [9.17, 15) is 0 Å². The number of ether oxygens (including phenoxy) is 3. The molecule has 488 valence electrons. The second-order valence-electron chi connectivity index (χ2n) is 22.1. The number of morpholine rings is 1. The van der Waals surface area contributed by atoms with E-state index in [0.717, 1.165) is 126 Å². The molecule has 7 nitrogen and oxygen atoms in total. The topological polar surface area (TPSA) is 75.8 Å².